The predicted molar refractivity (Wildman–Crippen MR) is 135 cm³/mol. The standard InChI is InChI=1S/C28H30BrNO3/c1-20-23(11-8-12-24(20)22-9-4-3-5-10-22)19-33-27-15-14-21(17-25(27)29)18-30-16-7-6-13-26(30)28(31)32-2/h3-5,8-12,14-15,17,26H,6-7,13,16,18-19H2,1-2H3. The average Bonchev–Trinajstić information content (AvgIpc) is 2.85. The van der Waals surface area contributed by atoms with Gasteiger partial charge < -0.3 is 9.47 Å². The summed E-state index contributed by atoms with van der Waals surface area (Å²) in [5.74, 6) is 0.674. The van der Waals surface area contributed by atoms with Crippen LogP contribution < -0.4 is 4.74 Å². The normalized spacial score (nSPS) is 16.4. The second-order valence-corrected chi connectivity index (χ2v) is 9.37. The molecule has 172 valence electrons. The highest BCUT2D eigenvalue weighted by Crippen LogP contribution is 2.30. The Morgan fingerprint density at radius 1 is 1.06 bits per heavy atom. The summed E-state index contributed by atoms with van der Waals surface area (Å²) >= 11 is 3.68. The fourth-order valence-electron chi connectivity index (χ4n) is 4.50. The molecule has 4 nitrogen and oxygen atoms in total. The lowest BCUT2D eigenvalue weighted by atomic mass is 9.97. The smallest absolute Gasteiger partial charge is 0.323 e. The van der Waals surface area contributed by atoms with Gasteiger partial charge in [-0.2, -0.15) is 0 Å². The van der Waals surface area contributed by atoms with E-state index in [1.54, 1.807) is 0 Å². The molecule has 3 aromatic carbocycles. The number of esters is 1. The van der Waals surface area contributed by atoms with Crippen molar-refractivity contribution in [1.82, 2.24) is 4.90 Å². The Kier molecular flexibility index (Phi) is 7.84. The molecule has 4 rings (SSSR count). The van der Waals surface area contributed by atoms with E-state index in [1.165, 1.54) is 29.4 Å². The lowest BCUT2D eigenvalue weighted by molar-refractivity contribution is -0.148. The van der Waals surface area contributed by atoms with Gasteiger partial charge >= 0.3 is 5.97 Å². The first-order valence-corrected chi connectivity index (χ1v) is 12.2. The van der Waals surface area contributed by atoms with Crippen LogP contribution >= 0.6 is 15.9 Å². The zero-order valence-corrected chi connectivity index (χ0v) is 20.8. The lowest BCUT2D eigenvalue weighted by Gasteiger charge is -2.33. The summed E-state index contributed by atoms with van der Waals surface area (Å²) in [6.45, 7) is 4.28. The van der Waals surface area contributed by atoms with Crippen molar-refractivity contribution in [2.75, 3.05) is 13.7 Å². The molecule has 1 atom stereocenters. The van der Waals surface area contributed by atoms with E-state index >= 15 is 0 Å². The molecule has 0 bridgehead atoms. The summed E-state index contributed by atoms with van der Waals surface area (Å²) in [6, 6.07) is 22.8. The summed E-state index contributed by atoms with van der Waals surface area (Å²) in [4.78, 5) is 14.4. The highest BCUT2D eigenvalue weighted by atomic mass is 79.9. The molecular formula is C28H30BrNO3. The van der Waals surface area contributed by atoms with Crippen molar-refractivity contribution in [3.8, 4) is 16.9 Å². The molecular weight excluding hydrogens is 478 g/mol. The minimum Gasteiger partial charge on any atom is -0.488 e. The van der Waals surface area contributed by atoms with E-state index in [4.69, 9.17) is 9.47 Å². The van der Waals surface area contributed by atoms with Gasteiger partial charge in [-0.1, -0.05) is 61.0 Å². The first-order valence-electron chi connectivity index (χ1n) is 11.4. The third kappa shape index (κ3) is 5.66. The number of likely N-dealkylation sites (tertiary alicyclic amines) is 1. The van der Waals surface area contributed by atoms with E-state index in [9.17, 15) is 4.79 Å². The largest absolute Gasteiger partial charge is 0.488 e. The number of carbonyl (C=O) groups excluding carboxylic acids is 1. The minimum absolute atomic E-state index is 0.137. The van der Waals surface area contributed by atoms with Crippen molar-refractivity contribution in [1.29, 1.82) is 0 Å². The van der Waals surface area contributed by atoms with Crippen LogP contribution in [0.15, 0.2) is 71.2 Å². The summed E-state index contributed by atoms with van der Waals surface area (Å²) in [5, 5.41) is 0. The molecule has 0 amide bonds. The van der Waals surface area contributed by atoms with E-state index < -0.39 is 0 Å². The van der Waals surface area contributed by atoms with E-state index in [0.29, 0.717) is 6.61 Å². The van der Waals surface area contributed by atoms with Crippen molar-refractivity contribution < 1.29 is 14.3 Å². The van der Waals surface area contributed by atoms with Crippen LogP contribution in [0, 0.1) is 6.92 Å². The van der Waals surface area contributed by atoms with E-state index in [0.717, 1.165) is 48.1 Å². The molecule has 0 saturated carbocycles. The Bertz CT molecular complexity index is 1100. The van der Waals surface area contributed by atoms with Crippen LogP contribution in [0.5, 0.6) is 5.75 Å². The number of piperidine rings is 1. The van der Waals surface area contributed by atoms with Gasteiger partial charge in [0.2, 0.25) is 0 Å². The molecule has 33 heavy (non-hydrogen) atoms. The second kappa shape index (κ2) is 11.0. The summed E-state index contributed by atoms with van der Waals surface area (Å²) in [7, 11) is 1.47. The maximum atomic E-state index is 12.2. The van der Waals surface area contributed by atoms with Crippen LogP contribution in [0.2, 0.25) is 0 Å². The number of rotatable bonds is 7. The molecule has 0 aliphatic carbocycles. The fraction of sp³-hybridized carbons (Fsp3) is 0.321. The summed E-state index contributed by atoms with van der Waals surface area (Å²) < 4.78 is 12.1. The molecule has 1 aliphatic rings. The molecule has 0 aromatic heterocycles. The number of hydrogen-bond acceptors (Lipinski definition) is 4. The molecule has 1 heterocycles. The number of nitrogens with zero attached hydrogens (tertiary/aromatic N) is 1. The first kappa shape index (κ1) is 23.5. The van der Waals surface area contributed by atoms with Crippen molar-refractivity contribution in [2.45, 2.75) is 45.4 Å². The molecule has 0 N–H and O–H groups in total. The molecule has 1 unspecified atom stereocenters. The van der Waals surface area contributed by atoms with Gasteiger partial charge in [0, 0.05) is 6.54 Å². The third-order valence-corrected chi connectivity index (χ3v) is 7.00. The Hall–Kier alpha value is -2.63. The van der Waals surface area contributed by atoms with Crippen LogP contribution in [0.4, 0.5) is 0 Å². The molecule has 1 aliphatic heterocycles. The predicted octanol–water partition coefficient (Wildman–Crippen LogP) is 6.53. The van der Waals surface area contributed by atoms with Gasteiger partial charge in [0.25, 0.3) is 0 Å². The Morgan fingerprint density at radius 2 is 1.88 bits per heavy atom. The van der Waals surface area contributed by atoms with Crippen molar-refractivity contribution >= 4 is 21.9 Å². The van der Waals surface area contributed by atoms with Crippen LogP contribution in [0.3, 0.4) is 0 Å². The number of hydrogen-bond donors (Lipinski definition) is 0. The maximum absolute atomic E-state index is 12.2. The molecule has 1 fully saturated rings. The number of carbonyl (C=O) groups is 1. The topological polar surface area (TPSA) is 38.8 Å². The van der Waals surface area contributed by atoms with Crippen LogP contribution in [-0.4, -0.2) is 30.6 Å². The van der Waals surface area contributed by atoms with Gasteiger partial charge in [-0.15, -0.1) is 0 Å². The summed E-state index contributed by atoms with van der Waals surface area (Å²) in [6.07, 6.45) is 3.03. The fourth-order valence-corrected chi connectivity index (χ4v) is 5.04. The number of ether oxygens (including phenoxy) is 2. The van der Waals surface area contributed by atoms with Gasteiger partial charge in [-0.3, -0.25) is 9.69 Å². The second-order valence-electron chi connectivity index (χ2n) is 8.51. The molecule has 1 saturated heterocycles. The van der Waals surface area contributed by atoms with E-state index in [-0.39, 0.29) is 12.0 Å². The highest BCUT2D eigenvalue weighted by molar-refractivity contribution is 9.10. The highest BCUT2D eigenvalue weighted by Gasteiger charge is 2.29. The maximum Gasteiger partial charge on any atom is 0.323 e. The summed E-state index contributed by atoms with van der Waals surface area (Å²) in [5.41, 5.74) is 5.99. The Morgan fingerprint density at radius 3 is 2.64 bits per heavy atom. The van der Waals surface area contributed by atoms with Crippen LogP contribution in [0.25, 0.3) is 11.1 Å². The third-order valence-electron chi connectivity index (χ3n) is 6.38. The van der Waals surface area contributed by atoms with Gasteiger partial charge in [-0.25, -0.2) is 0 Å². The van der Waals surface area contributed by atoms with Crippen LogP contribution in [0.1, 0.15) is 36.0 Å². The number of halogens is 1. The van der Waals surface area contributed by atoms with Crippen molar-refractivity contribution in [3.63, 3.8) is 0 Å². The van der Waals surface area contributed by atoms with E-state index in [2.05, 4.69) is 82.4 Å². The lowest BCUT2D eigenvalue weighted by Crippen LogP contribution is -2.44. The first-order chi connectivity index (χ1) is 16.1. The molecule has 5 heteroatoms. The van der Waals surface area contributed by atoms with Gasteiger partial charge in [0.1, 0.15) is 18.4 Å². The molecule has 0 radical (unpaired) electrons. The molecule has 0 spiro atoms. The number of methoxy groups -OCH3 is 1. The zero-order valence-electron chi connectivity index (χ0n) is 19.2. The van der Waals surface area contributed by atoms with Gasteiger partial charge in [-0.05, 0) is 82.2 Å². The van der Waals surface area contributed by atoms with Crippen LogP contribution in [-0.2, 0) is 22.7 Å². The van der Waals surface area contributed by atoms with E-state index in [1.807, 2.05) is 12.1 Å². The average molecular weight is 508 g/mol. The zero-order chi connectivity index (χ0) is 23.2. The van der Waals surface area contributed by atoms with Crippen molar-refractivity contribution in [3.05, 3.63) is 87.9 Å². The van der Waals surface area contributed by atoms with Gasteiger partial charge in [0.15, 0.2) is 0 Å². The quantitative estimate of drug-likeness (QED) is 0.340. The Balaban J connectivity index is 1.44. The Labute approximate surface area is 204 Å². The minimum atomic E-state index is -0.154. The molecule has 3 aromatic rings. The van der Waals surface area contributed by atoms with Crippen molar-refractivity contribution in [2.24, 2.45) is 0 Å². The van der Waals surface area contributed by atoms with Gasteiger partial charge in [0.05, 0.1) is 11.6 Å². The monoisotopic (exact) mass is 507 g/mol. The number of benzene rings is 3. The SMILES string of the molecule is COC(=O)C1CCCCN1Cc1ccc(OCc2cccc(-c3ccccc3)c2C)c(Br)c1.